The standard InChI is InChI=1S/C24H44N2O6/c1-7-9-11-13-15-17-25(5)23(29)21(31-19(3)27)22(32-20(4)28)24(30)26(6)18-16-14-12-10-8-2/h21-22H,7-18H2,1-6H3. The smallest absolute Gasteiger partial charge is 0.303 e. The lowest BCUT2D eigenvalue weighted by Crippen LogP contribution is -2.54. The normalized spacial score (nSPS) is 12.6. The van der Waals surface area contributed by atoms with Gasteiger partial charge in [0.05, 0.1) is 0 Å². The van der Waals surface area contributed by atoms with Gasteiger partial charge in [-0.3, -0.25) is 19.2 Å². The number of hydrogen-bond acceptors (Lipinski definition) is 6. The lowest BCUT2D eigenvalue weighted by atomic mass is 10.1. The van der Waals surface area contributed by atoms with E-state index in [2.05, 4.69) is 13.8 Å². The molecule has 0 aliphatic heterocycles. The van der Waals surface area contributed by atoms with E-state index < -0.39 is 36.0 Å². The number of nitrogens with zero attached hydrogens (tertiary/aromatic N) is 2. The van der Waals surface area contributed by atoms with Gasteiger partial charge in [-0.2, -0.15) is 0 Å². The lowest BCUT2D eigenvalue weighted by Gasteiger charge is -2.30. The van der Waals surface area contributed by atoms with Crippen LogP contribution < -0.4 is 0 Å². The summed E-state index contributed by atoms with van der Waals surface area (Å²) in [7, 11) is 3.21. The molecule has 0 aliphatic rings. The Labute approximate surface area is 194 Å². The molecule has 8 heteroatoms. The fourth-order valence-electron chi connectivity index (χ4n) is 3.40. The molecule has 0 rings (SSSR count). The number of carbonyl (C=O) groups is 4. The fraction of sp³-hybridized carbons (Fsp3) is 0.833. The highest BCUT2D eigenvalue weighted by Crippen LogP contribution is 2.14. The second-order valence-electron chi connectivity index (χ2n) is 8.41. The van der Waals surface area contributed by atoms with Gasteiger partial charge in [0.2, 0.25) is 12.2 Å². The van der Waals surface area contributed by atoms with Crippen molar-refractivity contribution >= 4 is 23.8 Å². The van der Waals surface area contributed by atoms with Gasteiger partial charge in [-0.25, -0.2) is 0 Å². The molecule has 0 radical (unpaired) electrons. The molecular formula is C24H44N2O6. The molecule has 0 bridgehead atoms. The van der Waals surface area contributed by atoms with Gasteiger partial charge in [0, 0.05) is 41.0 Å². The van der Waals surface area contributed by atoms with Crippen LogP contribution in [0.1, 0.15) is 91.9 Å². The summed E-state index contributed by atoms with van der Waals surface area (Å²) in [5.74, 6) is -2.53. The van der Waals surface area contributed by atoms with Crippen LogP contribution in [0.4, 0.5) is 0 Å². The van der Waals surface area contributed by atoms with Crippen LogP contribution in [0.3, 0.4) is 0 Å². The molecule has 32 heavy (non-hydrogen) atoms. The van der Waals surface area contributed by atoms with E-state index in [1.54, 1.807) is 14.1 Å². The summed E-state index contributed by atoms with van der Waals surface area (Å²) in [5, 5.41) is 0. The third kappa shape index (κ3) is 12.7. The maximum Gasteiger partial charge on any atom is 0.303 e. The van der Waals surface area contributed by atoms with E-state index in [1.165, 1.54) is 9.80 Å². The Bertz CT molecular complexity index is 531. The van der Waals surface area contributed by atoms with E-state index in [4.69, 9.17) is 9.47 Å². The molecule has 0 aliphatic carbocycles. The number of ether oxygens (including phenoxy) is 2. The molecule has 2 atom stereocenters. The first-order valence-electron chi connectivity index (χ1n) is 12.0. The SMILES string of the molecule is CCCCCCCN(C)C(=O)C(OC(C)=O)C(OC(C)=O)C(=O)N(C)CCCCCCC. The van der Waals surface area contributed by atoms with Crippen LogP contribution in [0, 0.1) is 0 Å². The number of carbonyl (C=O) groups excluding carboxylic acids is 4. The summed E-state index contributed by atoms with van der Waals surface area (Å²) in [5.41, 5.74) is 0. The Morgan fingerprint density at radius 2 is 0.906 bits per heavy atom. The van der Waals surface area contributed by atoms with Crippen LogP contribution in [-0.4, -0.2) is 72.9 Å². The topological polar surface area (TPSA) is 93.2 Å². The van der Waals surface area contributed by atoms with Crippen LogP contribution in [0.25, 0.3) is 0 Å². The Morgan fingerprint density at radius 1 is 0.594 bits per heavy atom. The maximum absolute atomic E-state index is 13.1. The third-order valence-corrected chi connectivity index (χ3v) is 5.29. The van der Waals surface area contributed by atoms with Crippen molar-refractivity contribution in [2.75, 3.05) is 27.2 Å². The monoisotopic (exact) mass is 456 g/mol. The van der Waals surface area contributed by atoms with E-state index in [0.29, 0.717) is 13.1 Å². The highest BCUT2D eigenvalue weighted by Gasteiger charge is 2.41. The van der Waals surface area contributed by atoms with Gasteiger partial charge in [-0.15, -0.1) is 0 Å². The van der Waals surface area contributed by atoms with Crippen molar-refractivity contribution in [3.8, 4) is 0 Å². The summed E-state index contributed by atoms with van der Waals surface area (Å²) in [4.78, 5) is 52.4. The highest BCUT2D eigenvalue weighted by molar-refractivity contribution is 5.93. The van der Waals surface area contributed by atoms with Gasteiger partial charge < -0.3 is 19.3 Å². The minimum atomic E-state index is -1.51. The van der Waals surface area contributed by atoms with Crippen molar-refractivity contribution < 1.29 is 28.7 Å². The molecule has 0 fully saturated rings. The maximum atomic E-state index is 13.1. The van der Waals surface area contributed by atoms with Crippen LogP contribution >= 0.6 is 0 Å². The predicted octanol–water partition coefficient (Wildman–Crippen LogP) is 3.71. The van der Waals surface area contributed by atoms with Gasteiger partial charge in [0.1, 0.15) is 0 Å². The average molecular weight is 457 g/mol. The summed E-state index contributed by atoms with van der Waals surface area (Å²) >= 11 is 0. The minimum Gasteiger partial charge on any atom is -0.448 e. The van der Waals surface area contributed by atoms with Gasteiger partial charge in [-0.1, -0.05) is 65.2 Å². The first-order valence-corrected chi connectivity index (χ1v) is 12.0. The van der Waals surface area contributed by atoms with Crippen LogP contribution in [-0.2, 0) is 28.7 Å². The number of rotatable bonds is 17. The third-order valence-electron chi connectivity index (χ3n) is 5.29. The van der Waals surface area contributed by atoms with E-state index in [9.17, 15) is 19.2 Å². The fourth-order valence-corrected chi connectivity index (χ4v) is 3.40. The summed E-state index contributed by atoms with van der Waals surface area (Å²) in [6.07, 6.45) is 7.27. The Morgan fingerprint density at radius 3 is 1.19 bits per heavy atom. The number of unbranched alkanes of at least 4 members (excludes halogenated alkanes) is 8. The number of hydrogen-bond donors (Lipinski definition) is 0. The molecule has 2 amide bonds. The molecule has 0 saturated heterocycles. The van der Waals surface area contributed by atoms with Crippen molar-refractivity contribution in [3.63, 3.8) is 0 Å². The molecule has 2 unspecified atom stereocenters. The van der Waals surface area contributed by atoms with E-state index in [1.807, 2.05) is 0 Å². The molecule has 0 N–H and O–H groups in total. The Hall–Kier alpha value is -2.12. The number of likely N-dealkylation sites (N-methyl/N-ethyl adjacent to an activating group) is 2. The molecule has 0 heterocycles. The molecule has 8 nitrogen and oxygen atoms in total. The Balaban J connectivity index is 5.28. The second kappa shape index (κ2) is 17.4. The zero-order chi connectivity index (χ0) is 24.5. The van der Waals surface area contributed by atoms with E-state index in [-0.39, 0.29) is 0 Å². The van der Waals surface area contributed by atoms with Crippen molar-refractivity contribution in [2.24, 2.45) is 0 Å². The first-order chi connectivity index (χ1) is 15.1. The molecule has 0 aromatic rings. The summed E-state index contributed by atoms with van der Waals surface area (Å²) < 4.78 is 10.4. The van der Waals surface area contributed by atoms with E-state index in [0.717, 1.165) is 78.1 Å². The van der Waals surface area contributed by atoms with Crippen molar-refractivity contribution in [2.45, 2.75) is 104 Å². The van der Waals surface area contributed by atoms with Gasteiger partial charge in [0.15, 0.2) is 0 Å². The predicted molar refractivity (Wildman–Crippen MR) is 124 cm³/mol. The Kier molecular flexibility index (Phi) is 16.3. The van der Waals surface area contributed by atoms with Crippen LogP contribution in [0.2, 0.25) is 0 Å². The van der Waals surface area contributed by atoms with E-state index >= 15 is 0 Å². The lowest BCUT2D eigenvalue weighted by molar-refractivity contribution is -0.180. The summed E-state index contributed by atoms with van der Waals surface area (Å²) in [6, 6.07) is 0. The second-order valence-corrected chi connectivity index (χ2v) is 8.41. The van der Waals surface area contributed by atoms with Crippen LogP contribution in [0.5, 0.6) is 0 Å². The molecule has 0 spiro atoms. The first kappa shape index (κ1) is 29.9. The molecule has 186 valence electrons. The number of amides is 2. The largest absolute Gasteiger partial charge is 0.448 e. The van der Waals surface area contributed by atoms with Gasteiger partial charge in [-0.05, 0) is 12.8 Å². The quantitative estimate of drug-likeness (QED) is 0.245. The molecular weight excluding hydrogens is 412 g/mol. The van der Waals surface area contributed by atoms with Gasteiger partial charge in [0.25, 0.3) is 11.8 Å². The van der Waals surface area contributed by atoms with Crippen molar-refractivity contribution in [1.29, 1.82) is 0 Å². The average Bonchev–Trinajstić information content (AvgIpc) is 2.74. The van der Waals surface area contributed by atoms with Gasteiger partial charge >= 0.3 is 11.9 Å². The molecule has 0 saturated carbocycles. The van der Waals surface area contributed by atoms with Crippen LogP contribution in [0.15, 0.2) is 0 Å². The molecule has 0 aromatic carbocycles. The zero-order valence-corrected chi connectivity index (χ0v) is 21.0. The summed E-state index contributed by atoms with van der Waals surface area (Å²) in [6.45, 7) is 7.53. The highest BCUT2D eigenvalue weighted by atomic mass is 16.6. The zero-order valence-electron chi connectivity index (χ0n) is 21.0. The molecule has 0 aromatic heterocycles. The van der Waals surface area contributed by atoms with Crippen molar-refractivity contribution in [1.82, 2.24) is 9.80 Å². The minimum absolute atomic E-state index is 0.467. The van der Waals surface area contributed by atoms with Crippen molar-refractivity contribution in [3.05, 3.63) is 0 Å². The number of esters is 2.